The highest BCUT2D eigenvalue weighted by molar-refractivity contribution is 7.90. The molecule has 3 aromatic heterocycles. The summed E-state index contributed by atoms with van der Waals surface area (Å²) in [7, 11) is -1.81. The minimum Gasteiger partial charge on any atom is -0.369 e. The third kappa shape index (κ3) is 4.94. The van der Waals surface area contributed by atoms with Crippen LogP contribution >= 0.6 is 0 Å². The van der Waals surface area contributed by atoms with E-state index in [1.54, 1.807) is 36.5 Å². The molecule has 0 aliphatic carbocycles. The van der Waals surface area contributed by atoms with E-state index in [-0.39, 0.29) is 16.4 Å². The van der Waals surface area contributed by atoms with Crippen molar-refractivity contribution >= 4 is 26.7 Å². The molecule has 10 heteroatoms. The summed E-state index contributed by atoms with van der Waals surface area (Å²) >= 11 is 0. The standard InChI is InChI=1S/C31H29N7O2S/c1-21-4-7-25(8-5-21)41(39,40)38-20-27(28-10-11-33-30(18-32)35-28)26-17-24(19-34-31(26)38)23-6-9-29(22(2)16-23)37-14-12-36(3)13-15-37/h4-11,16-17,19-20H,12-15H2,1-3H3. The smallest absolute Gasteiger partial charge is 0.269 e. The Labute approximate surface area is 239 Å². The number of nitriles is 1. The molecule has 0 N–H and O–H groups in total. The average Bonchev–Trinajstić information content (AvgIpc) is 3.38. The van der Waals surface area contributed by atoms with Gasteiger partial charge in [-0.15, -0.1) is 0 Å². The fourth-order valence-corrected chi connectivity index (χ4v) is 6.57. The zero-order chi connectivity index (χ0) is 28.7. The Hall–Kier alpha value is -4.59. The van der Waals surface area contributed by atoms with Crippen molar-refractivity contribution in [2.24, 2.45) is 0 Å². The van der Waals surface area contributed by atoms with Gasteiger partial charge in [0.2, 0.25) is 5.82 Å². The second-order valence-electron chi connectivity index (χ2n) is 10.4. The van der Waals surface area contributed by atoms with Gasteiger partial charge in [-0.3, -0.25) is 0 Å². The second kappa shape index (κ2) is 10.4. The number of pyridine rings is 1. The number of aromatic nitrogens is 4. The molecule has 0 saturated carbocycles. The van der Waals surface area contributed by atoms with Gasteiger partial charge in [-0.1, -0.05) is 23.8 Å². The van der Waals surface area contributed by atoms with Gasteiger partial charge in [0.05, 0.1) is 10.6 Å². The van der Waals surface area contributed by atoms with Crippen LogP contribution in [-0.2, 0) is 10.0 Å². The average molecular weight is 564 g/mol. The van der Waals surface area contributed by atoms with Gasteiger partial charge < -0.3 is 9.80 Å². The van der Waals surface area contributed by atoms with Crippen molar-refractivity contribution < 1.29 is 8.42 Å². The molecule has 41 heavy (non-hydrogen) atoms. The van der Waals surface area contributed by atoms with Crippen LogP contribution in [0.15, 0.2) is 78.1 Å². The molecule has 1 aliphatic rings. The molecule has 0 radical (unpaired) electrons. The molecule has 1 aliphatic heterocycles. The molecule has 9 nitrogen and oxygen atoms in total. The Kier molecular flexibility index (Phi) is 6.77. The van der Waals surface area contributed by atoms with Crippen LogP contribution in [0.5, 0.6) is 0 Å². The van der Waals surface area contributed by atoms with Crippen molar-refractivity contribution in [1.29, 1.82) is 5.26 Å². The Morgan fingerprint density at radius 2 is 1.66 bits per heavy atom. The van der Waals surface area contributed by atoms with Crippen LogP contribution in [0.2, 0.25) is 0 Å². The lowest BCUT2D eigenvalue weighted by Crippen LogP contribution is -2.44. The minimum absolute atomic E-state index is 0.00373. The van der Waals surface area contributed by atoms with Crippen LogP contribution in [0.1, 0.15) is 17.0 Å². The van der Waals surface area contributed by atoms with E-state index in [0.29, 0.717) is 16.6 Å². The molecule has 0 spiro atoms. The first-order chi connectivity index (χ1) is 19.7. The summed E-state index contributed by atoms with van der Waals surface area (Å²) in [6.07, 6.45) is 4.73. The summed E-state index contributed by atoms with van der Waals surface area (Å²) in [5, 5.41) is 9.99. The normalized spacial score (nSPS) is 14.3. The summed E-state index contributed by atoms with van der Waals surface area (Å²) in [4.78, 5) is 17.9. The number of aryl methyl sites for hydroxylation is 2. The third-order valence-electron chi connectivity index (χ3n) is 7.60. The first-order valence-electron chi connectivity index (χ1n) is 13.4. The lowest BCUT2D eigenvalue weighted by atomic mass is 10.0. The van der Waals surface area contributed by atoms with E-state index >= 15 is 0 Å². The number of anilines is 1. The predicted molar refractivity (Wildman–Crippen MR) is 159 cm³/mol. The molecule has 6 rings (SSSR count). The highest BCUT2D eigenvalue weighted by atomic mass is 32.2. The van der Waals surface area contributed by atoms with Crippen molar-refractivity contribution in [1.82, 2.24) is 23.8 Å². The van der Waals surface area contributed by atoms with Crippen molar-refractivity contribution in [2.45, 2.75) is 18.7 Å². The van der Waals surface area contributed by atoms with Crippen LogP contribution in [-0.4, -0.2) is 65.5 Å². The summed E-state index contributed by atoms with van der Waals surface area (Å²) in [5.41, 5.74) is 6.46. The Morgan fingerprint density at radius 3 is 2.37 bits per heavy atom. The monoisotopic (exact) mass is 563 g/mol. The third-order valence-corrected chi connectivity index (χ3v) is 9.26. The first kappa shape index (κ1) is 26.6. The van der Waals surface area contributed by atoms with Gasteiger partial charge in [-0.2, -0.15) is 5.26 Å². The zero-order valence-corrected chi connectivity index (χ0v) is 23.9. The van der Waals surface area contributed by atoms with Crippen LogP contribution in [0, 0.1) is 25.2 Å². The topological polar surface area (TPSA) is 108 Å². The van der Waals surface area contributed by atoms with Crippen LogP contribution in [0.4, 0.5) is 5.69 Å². The molecular formula is C31H29N7O2S. The van der Waals surface area contributed by atoms with Crippen molar-refractivity contribution in [2.75, 3.05) is 38.1 Å². The van der Waals surface area contributed by atoms with E-state index in [4.69, 9.17) is 0 Å². The zero-order valence-electron chi connectivity index (χ0n) is 23.1. The quantitative estimate of drug-likeness (QED) is 0.304. The number of nitrogens with zero attached hydrogens (tertiary/aromatic N) is 7. The molecule has 2 aromatic carbocycles. The Morgan fingerprint density at radius 1 is 0.902 bits per heavy atom. The van der Waals surface area contributed by atoms with Crippen molar-refractivity contribution in [3.63, 3.8) is 0 Å². The SMILES string of the molecule is Cc1ccc(S(=O)(=O)n2cc(-c3ccnc(C#N)n3)c3cc(-c4ccc(N5CCN(C)CC5)c(C)c4)cnc32)cc1. The highest BCUT2D eigenvalue weighted by Crippen LogP contribution is 2.35. The second-order valence-corrected chi connectivity index (χ2v) is 12.2. The minimum atomic E-state index is -3.95. The summed E-state index contributed by atoms with van der Waals surface area (Å²) in [6, 6.07) is 18.7. The van der Waals surface area contributed by atoms with E-state index in [2.05, 4.69) is 56.9 Å². The van der Waals surface area contributed by atoms with Crippen LogP contribution < -0.4 is 4.90 Å². The maximum Gasteiger partial charge on any atom is 0.269 e. The number of fused-ring (bicyclic) bond motifs is 1. The number of rotatable bonds is 5. The first-order valence-corrected chi connectivity index (χ1v) is 14.8. The van der Waals surface area contributed by atoms with Gasteiger partial charge in [-0.25, -0.2) is 27.3 Å². The molecule has 0 atom stereocenters. The van der Waals surface area contributed by atoms with Gasteiger partial charge in [0, 0.05) is 67.0 Å². The Bertz CT molecular complexity index is 1920. The molecule has 206 valence electrons. The molecule has 5 aromatic rings. The van der Waals surface area contributed by atoms with Crippen LogP contribution in [0.3, 0.4) is 0 Å². The molecule has 1 saturated heterocycles. The van der Waals surface area contributed by atoms with E-state index in [0.717, 1.165) is 42.9 Å². The van der Waals surface area contributed by atoms with Gasteiger partial charge in [0.1, 0.15) is 6.07 Å². The van der Waals surface area contributed by atoms with Gasteiger partial charge in [0.25, 0.3) is 10.0 Å². The van der Waals surface area contributed by atoms with Gasteiger partial charge >= 0.3 is 0 Å². The van der Waals surface area contributed by atoms with E-state index < -0.39 is 10.0 Å². The van der Waals surface area contributed by atoms with Crippen LogP contribution in [0.25, 0.3) is 33.4 Å². The van der Waals surface area contributed by atoms with Gasteiger partial charge in [-0.05, 0) is 68.4 Å². The maximum atomic E-state index is 13.8. The fraction of sp³-hybridized carbons (Fsp3) is 0.226. The lowest BCUT2D eigenvalue weighted by molar-refractivity contribution is 0.312. The summed E-state index contributed by atoms with van der Waals surface area (Å²) in [6.45, 7) is 8.06. The number of benzene rings is 2. The number of piperazine rings is 1. The lowest BCUT2D eigenvalue weighted by Gasteiger charge is -2.35. The molecule has 0 unspecified atom stereocenters. The summed E-state index contributed by atoms with van der Waals surface area (Å²) < 4.78 is 28.7. The largest absolute Gasteiger partial charge is 0.369 e. The predicted octanol–water partition coefficient (Wildman–Crippen LogP) is 4.64. The molecular weight excluding hydrogens is 534 g/mol. The Balaban J connectivity index is 1.48. The summed E-state index contributed by atoms with van der Waals surface area (Å²) in [5.74, 6) is 0.00373. The van der Waals surface area contributed by atoms with Crippen molar-refractivity contribution in [3.05, 3.63) is 90.1 Å². The highest BCUT2D eigenvalue weighted by Gasteiger charge is 2.24. The molecule has 0 bridgehead atoms. The number of likely N-dealkylation sites (N-methyl/N-ethyl adjacent to an activating group) is 1. The molecule has 1 fully saturated rings. The maximum absolute atomic E-state index is 13.8. The molecule has 4 heterocycles. The van der Waals surface area contributed by atoms with E-state index in [1.165, 1.54) is 27.6 Å². The number of hydrogen-bond donors (Lipinski definition) is 0. The van der Waals surface area contributed by atoms with E-state index in [1.807, 2.05) is 19.1 Å². The van der Waals surface area contributed by atoms with Crippen molar-refractivity contribution in [3.8, 4) is 28.5 Å². The van der Waals surface area contributed by atoms with E-state index in [9.17, 15) is 13.7 Å². The molecule has 0 amide bonds. The number of hydrogen-bond acceptors (Lipinski definition) is 8. The fourth-order valence-electron chi connectivity index (χ4n) is 5.25. The van der Waals surface area contributed by atoms with Gasteiger partial charge in [0.15, 0.2) is 5.65 Å².